The van der Waals surface area contributed by atoms with Gasteiger partial charge < -0.3 is 5.32 Å². The summed E-state index contributed by atoms with van der Waals surface area (Å²) >= 11 is 2.14. The number of hydrogen-bond donors (Lipinski definition) is 1. The molecule has 0 amide bonds. The Morgan fingerprint density at radius 1 is 1.32 bits per heavy atom. The maximum atomic E-state index is 3.72. The van der Waals surface area contributed by atoms with E-state index in [-0.39, 0.29) is 0 Å². The van der Waals surface area contributed by atoms with Crippen LogP contribution in [-0.4, -0.2) is 48.1 Å². The molecule has 1 N–H and O–H groups in total. The highest BCUT2D eigenvalue weighted by atomic mass is 32.2. The lowest BCUT2D eigenvalue weighted by molar-refractivity contribution is 0.146. The van der Waals surface area contributed by atoms with Crippen molar-refractivity contribution in [3.8, 4) is 0 Å². The summed E-state index contributed by atoms with van der Waals surface area (Å²) in [6, 6.07) is 0.709. The molecule has 0 spiro atoms. The van der Waals surface area contributed by atoms with Crippen molar-refractivity contribution < 1.29 is 0 Å². The lowest BCUT2D eigenvalue weighted by atomic mass is 9.87. The average molecular weight is 285 g/mol. The first kappa shape index (κ1) is 15.7. The van der Waals surface area contributed by atoms with Crippen LogP contribution in [0.3, 0.4) is 0 Å². The Kier molecular flexibility index (Phi) is 6.04. The molecule has 112 valence electrons. The summed E-state index contributed by atoms with van der Waals surface area (Å²) in [6.45, 7) is 9.72. The molecule has 1 heterocycles. The first-order valence-electron chi connectivity index (χ1n) is 8.20. The Labute approximate surface area is 124 Å². The summed E-state index contributed by atoms with van der Waals surface area (Å²) in [6.07, 6.45) is 10.8. The number of nitrogens with zero attached hydrogens (tertiary/aromatic N) is 1. The number of hydrogen-bond acceptors (Lipinski definition) is 3. The fraction of sp³-hybridized carbons (Fsp3) is 1.00. The minimum Gasteiger partial charge on any atom is -0.311 e. The third-order valence-corrected chi connectivity index (χ3v) is 6.73. The Balaban J connectivity index is 1.90. The topological polar surface area (TPSA) is 15.3 Å². The highest BCUT2D eigenvalue weighted by Crippen LogP contribution is 2.39. The average Bonchev–Trinajstić information content (AvgIpc) is 2.47. The van der Waals surface area contributed by atoms with Gasteiger partial charge in [-0.25, -0.2) is 0 Å². The van der Waals surface area contributed by atoms with Crippen LogP contribution in [0.1, 0.15) is 52.4 Å². The van der Waals surface area contributed by atoms with E-state index in [0.717, 1.165) is 5.92 Å². The Bertz CT molecular complexity index is 263. The molecule has 0 radical (unpaired) electrons. The lowest BCUT2D eigenvalue weighted by Crippen LogP contribution is -2.56. The van der Waals surface area contributed by atoms with Crippen molar-refractivity contribution in [3.05, 3.63) is 0 Å². The molecule has 3 heteroatoms. The number of piperazine rings is 1. The normalized spacial score (nSPS) is 30.2. The van der Waals surface area contributed by atoms with E-state index in [4.69, 9.17) is 0 Å². The van der Waals surface area contributed by atoms with Crippen LogP contribution in [0.2, 0.25) is 0 Å². The van der Waals surface area contributed by atoms with Gasteiger partial charge in [-0.1, -0.05) is 39.5 Å². The smallest absolute Gasteiger partial charge is 0.0284 e. The largest absolute Gasteiger partial charge is 0.311 e. The summed E-state index contributed by atoms with van der Waals surface area (Å²) in [5.41, 5.74) is 0. The molecule has 2 unspecified atom stereocenters. The molecule has 1 saturated heterocycles. The second-order valence-corrected chi connectivity index (χ2v) is 7.90. The summed E-state index contributed by atoms with van der Waals surface area (Å²) in [5, 5.41) is 3.72. The molecule has 1 aliphatic carbocycles. The zero-order valence-electron chi connectivity index (χ0n) is 13.1. The van der Waals surface area contributed by atoms with Gasteiger partial charge in [0.1, 0.15) is 0 Å². The Morgan fingerprint density at radius 2 is 2.05 bits per heavy atom. The summed E-state index contributed by atoms with van der Waals surface area (Å²) in [5.74, 6) is 0.805. The molecule has 0 bridgehead atoms. The second kappa shape index (κ2) is 7.33. The molecule has 0 aromatic rings. The van der Waals surface area contributed by atoms with E-state index in [9.17, 15) is 0 Å². The van der Waals surface area contributed by atoms with Crippen molar-refractivity contribution in [1.29, 1.82) is 0 Å². The molecule has 1 aliphatic heterocycles. The molecular formula is C16H32N2S. The Morgan fingerprint density at radius 3 is 2.68 bits per heavy atom. The van der Waals surface area contributed by atoms with E-state index in [1.807, 2.05) is 0 Å². The van der Waals surface area contributed by atoms with Crippen molar-refractivity contribution >= 4 is 11.8 Å². The minimum atomic E-state index is 0.565. The molecule has 2 aliphatic rings. The van der Waals surface area contributed by atoms with Crippen LogP contribution >= 0.6 is 11.8 Å². The van der Waals surface area contributed by atoms with Crippen molar-refractivity contribution in [2.45, 2.75) is 63.2 Å². The fourth-order valence-electron chi connectivity index (χ4n) is 3.68. The number of rotatable bonds is 5. The molecule has 0 aromatic carbocycles. The third-order valence-electron chi connectivity index (χ3n) is 5.33. The van der Waals surface area contributed by atoms with E-state index in [0.29, 0.717) is 10.8 Å². The monoisotopic (exact) mass is 284 g/mol. The quantitative estimate of drug-likeness (QED) is 0.833. The van der Waals surface area contributed by atoms with Gasteiger partial charge in [-0.05, 0) is 25.0 Å². The molecule has 2 nitrogen and oxygen atoms in total. The van der Waals surface area contributed by atoms with Gasteiger partial charge in [0.15, 0.2) is 0 Å². The van der Waals surface area contributed by atoms with Gasteiger partial charge in [-0.2, -0.15) is 11.8 Å². The highest BCUT2D eigenvalue weighted by molar-refractivity contribution is 8.00. The van der Waals surface area contributed by atoms with E-state index in [1.54, 1.807) is 0 Å². The minimum absolute atomic E-state index is 0.565. The third kappa shape index (κ3) is 4.12. The van der Waals surface area contributed by atoms with Crippen molar-refractivity contribution in [2.24, 2.45) is 5.92 Å². The zero-order valence-corrected chi connectivity index (χ0v) is 13.9. The predicted molar refractivity (Wildman–Crippen MR) is 87.0 cm³/mol. The molecule has 1 saturated carbocycles. The van der Waals surface area contributed by atoms with Crippen LogP contribution < -0.4 is 5.32 Å². The van der Waals surface area contributed by atoms with Crippen LogP contribution in [0.4, 0.5) is 0 Å². The van der Waals surface area contributed by atoms with E-state index in [2.05, 4.69) is 42.1 Å². The van der Waals surface area contributed by atoms with Gasteiger partial charge in [0.25, 0.3) is 0 Å². The number of nitrogens with one attached hydrogen (secondary N) is 1. The van der Waals surface area contributed by atoms with Crippen LogP contribution in [-0.2, 0) is 0 Å². The lowest BCUT2D eigenvalue weighted by Gasteiger charge is -2.44. The molecule has 2 atom stereocenters. The first-order valence-corrected chi connectivity index (χ1v) is 9.42. The zero-order chi connectivity index (χ0) is 13.7. The van der Waals surface area contributed by atoms with Crippen molar-refractivity contribution in [1.82, 2.24) is 10.2 Å². The summed E-state index contributed by atoms with van der Waals surface area (Å²) in [4.78, 5) is 2.75. The standard InChI is InChI=1S/C16H32N2S/c1-4-14(2)15-12-18(11-10-17-15)13-16(19-3)8-6-5-7-9-16/h14-15,17H,4-13H2,1-3H3. The highest BCUT2D eigenvalue weighted by Gasteiger charge is 2.34. The van der Waals surface area contributed by atoms with Gasteiger partial charge in [-0.3, -0.25) is 4.90 Å². The van der Waals surface area contributed by atoms with E-state index in [1.165, 1.54) is 64.7 Å². The maximum absolute atomic E-state index is 3.72. The molecular weight excluding hydrogens is 252 g/mol. The van der Waals surface area contributed by atoms with Gasteiger partial charge in [0.2, 0.25) is 0 Å². The van der Waals surface area contributed by atoms with Crippen LogP contribution in [0, 0.1) is 5.92 Å². The van der Waals surface area contributed by atoms with Gasteiger partial charge in [0.05, 0.1) is 0 Å². The van der Waals surface area contributed by atoms with Crippen LogP contribution in [0.25, 0.3) is 0 Å². The Hall–Kier alpha value is 0.270. The van der Waals surface area contributed by atoms with E-state index < -0.39 is 0 Å². The van der Waals surface area contributed by atoms with Crippen LogP contribution in [0.5, 0.6) is 0 Å². The van der Waals surface area contributed by atoms with Crippen LogP contribution in [0.15, 0.2) is 0 Å². The summed E-state index contributed by atoms with van der Waals surface area (Å²) in [7, 11) is 0. The molecule has 2 rings (SSSR count). The fourth-order valence-corrected chi connectivity index (χ4v) is 4.69. The first-order chi connectivity index (χ1) is 9.19. The van der Waals surface area contributed by atoms with Crippen molar-refractivity contribution in [2.75, 3.05) is 32.4 Å². The second-order valence-electron chi connectivity index (χ2n) is 6.63. The maximum Gasteiger partial charge on any atom is 0.0284 e. The van der Waals surface area contributed by atoms with E-state index >= 15 is 0 Å². The van der Waals surface area contributed by atoms with Gasteiger partial charge >= 0.3 is 0 Å². The molecule has 19 heavy (non-hydrogen) atoms. The number of thioether (sulfide) groups is 1. The van der Waals surface area contributed by atoms with Crippen molar-refractivity contribution in [3.63, 3.8) is 0 Å². The molecule has 2 fully saturated rings. The summed E-state index contributed by atoms with van der Waals surface area (Å²) < 4.78 is 0.565. The predicted octanol–water partition coefficient (Wildman–Crippen LogP) is 3.37. The van der Waals surface area contributed by atoms with Gasteiger partial charge in [-0.15, -0.1) is 0 Å². The molecule has 0 aromatic heterocycles. The SMILES string of the molecule is CCC(C)C1CN(CC2(SC)CCCCC2)CCN1. The van der Waals surface area contributed by atoms with Gasteiger partial charge in [0, 0.05) is 37.0 Å².